The number of nitrogens with zero attached hydrogens (tertiary/aromatic N) is 4. The second kappa shape index (κ2) is 13.6. The number of imidazole rings is 1. The molecule has 228 valence electrons. The summed E-state index contributed by atoms with van der Waals surface area (Å²) in [4.78, 5) is 55.3. The fraction of sp³-hybridized carbons (Fsp3) is 0.324. The number of rotatable bonds is 12. The number of unbranched alkanes of at least 4 members (excludes halogenated alkanes) is 2. The number of hydrogen-bond acceptors (Lipinski definition) is 5. The number of nitrogens with one attached hydrogen (secondary N) is 2. The lowest BCUT2D eigenvalue weighted by atomic mass is 9.91. The molecule has 3 aromatic heterocycles. The minimum atomic E-state index is -0.549. The molecule has 0 fully saturated rings. The predicted octanol–water partition coefficient (Wildman–Crippen LogP) is 5.88. The standard InChI is InChI=1S/C34H37FN6O3/c1-4-6-18-40(33(43)25-13-12-22(3)36-21-25)26-16-14-23(15-17-26)27(20-24-10-8-9-11-28(24)35)30-37-29-31(38-30)41(19-7-5-2)34(44)39-32(29)42/h8-17,21,27H,4-7,18-20H2,1-3H3,(H,37,38)(H,39,42,44). The van der Waals surface area contributed by atoms with Crippen LogP contribution in [0.3, 0.4) is 0 Å². The molecule has 1 atom stereocenters. The van der Waals surface area contributed by atoms with Crippen LogP contribution in [0, 0.1) is 12.7 Å². The SMILES string of the molecule is CCCCN(C(=O)c1ccc(C)nc1)c1ccc(C(Cc2ccccc2F)c2nc3c([nH]2)c(=O)[nH]c(=O)n3CCCC)cc1. The zero-order valence-electron chi connectivity index (χ0n) is 25.3. The average molecular weight is 597 g/mol. The monoisotopic (exact) mass is 596 g/mol. The summed E-state index contributed by atoms with van der Waals surface area (Å²) in [5.41, 5.74) is 2.80. The maximum absolute atomic E-state index is 14.9. The lowest BCUT2D eigenvalue weighted by molar-refractivity contribution is 0.0986. The van der Waals surface area contributed by atoms with Crippen LogP contribution in [0.2, 0.25) is 0 Å². The number of aromatic amines is 2. The highest BCUT2D eigenvalue weighted by molar-refractivity contribution is 6.05. The summed E-state index contributed by atoms with van der Waals surface area (Å²) in [5.74, 6) is -0.500. The van der Waals surface area contributed by atoms with Gasteiger partial charge in [-0.3, -0.25) is 24.1 Å². The van der Waals surface area contributed by atoms with Crippen LogP contribution in [-0.2, 0) is 13.0 Å². The molecule has 0 saturated carbocycles. The van der Waals surface area contributed by atoms with Crippen LogP contribution in [0.5, 0.6) is 0 Å². The first-order valence-corrected chi connectivity index (χ1v) is 15.1. The molecule has 44 heavy (non-hydrogen) atoms. The molecule has 5 aromatic rings. The van der Waals surface area contributed by atoms with Crippen molar-refractivity contribution in [3.63, 3.8) is 0 Å². The molecule has 0 aliphatic carbocycles. The summed E-state index contributed by atoms with van der Waals surface area (Å²) in [5, 5.41) is 0. The Morgan fingerprint density at radius 3 is 2.41 bits per heavy atom. The van der Waals surface area contributed by atoms with Crippen LogP contribution >= 0.6 is 0 Å². The van der Waals surface area contributed by atoms with E-state index in [1.54, 1.807) is 35.4 Å². The van der Waals surface area contributed by atoms with Gasteiger partial charge in [0.25, 0.3) is 11.5 Å². The lowest BCUT2D eigenvalue weighted by Crippen LogP contribution is -2.32. The van der Waals surface area contributed by atoms with E-state index in [2.05, 4.69) is 21.9 Å². The minimum absolute atomic E-state index is 0.136. The topological polar surface area (TPSA) is 117 Å². The third kappa shape index (κ3) is 6.54. The number of H-pyrrole nitrogens is 2. The third-order valence-electron chi connectivity index (χ3n) is 7.84. The van der Waals surface area contributed by atoms with Gasteiger partial charge in [-0.2, -0.15) is 0 Å². The van der Waals surface area contributed by atoms with Gasteiger partial charge in [-0.25, -0.2) is 14.2 Å². The molecule has 3 heterocycles. The molecule has 0 spiro atoms. The van der Waals surface area contributed by atoms with Gasteiger partial charge in [-0.1, -0.05) is 57.0 Å². The van der Waals surface area contributed by atoms with Crippen molar-refractivity contribution >= 4 is 22.8 Å². The van der Waals surface area contributed by atoms with E-state index in [1.807, 2.05) is 44.2 Å². The smallest absolute Gasteiger partial charge is 0.330 e. The first-order valence-electron chi connectivity index (χ1n) is 15.1. The van der Waals surface area contributed by atoms with Gasteiger partial charge in [0, 0.05) is 36.6 Å². The van der Waals surface area contributed by atoms with Crippen molar-refractivity contribution in [2.24, 2.45) is 0 Å². The number of benzene rings is 2. The van der Waals surface area contributed by atoms with Crippen molar-refractivity contribution in [3.05, 3.63) is 122 Å². The number of aromatic nitrogens is 5. The molecule has 2 N–H and O–H groups in total. The summed E-state index contributed by atoms with van der Waals surface area (Å²) in [6.45, 7) is 6.93. The van der Waals surface area contributed by atoms with E-state index in [4.69, 9.17) is 4.98 Å². The molecule has 0 bridgehead atoms. The molecule has 0 saturated heterocycles. The van der Waals surface area contributed by atoms with E-state index in [1.165, 1.54) is 10.6 Å². The van der Waals surface area contributed by atoms with Crippen molar-refractivity contribution in [1.82, 2.24) is 24.5 Å². The van der Waals surface area contributed by atoms with Crippen LogP contribution in [0.15, 0.2) is 76.4 Å². The molecule has 0 aliphatic rings. The van der Waals surface area contributed by atoms with Crippen molar-refractivity contribution in [3.8, 4) is 0 Å². The Morgan fingerprint density at radius 2 is 1.73 bits per heavy atom. The van der Waals surface area contributed by atoms with Crippen LogP contribution in [-0.4, -0.2) is 37.0 Å². The number of hydrogen-bond donors (Lipinski definition) is 2. The van der Waals surface area contributed by atoms with Crippen LogP contribution in [0.1, 0.15) is 78.5 Å². The molecule has 0 radical (unpaired) electrons. The van der Waals surface area contributed by atoms with E-state index in [0.717, 1.165) is 42.6 Å². The first-order chi connectivity index (χ1) is 21.3. The van der Waals surface area contributed by atoms with Crippen LogP contribution in [0.25, 0.3) is 11.2 Å². The summed E-state index contributed by atoms with van der Waals surface area (Å²) >= 11 is 0. The maximum Gasteiger partial charge on any atom is 0.330 e. The Morgan fingerprint density at radius 1 is 0.977 bits per heavy atom. The zero-order chi connectivity index (χ0) is 31.2. The van der Waals surface area contributed by atoms with Crippen molar-refractivity contribution < 1.29 is 9.18 Å². The lowest BCUT2D eigenvalue weighted by Gasteiger charge is -2.24. The fourth-order valence-corrected chi connectivity index (χ4v) is 5.30. The van der Waals surface area contributed by atoms with Crippen LogP contribution in [0.4, 0.5) is 10.1 Å². The number of fused-ring (bicyclic) bond motifs is 1. The van der Waals surface area contributed by atoms with Crippen LogP contribution < -0.4 is 16.1 Å². The van der Waals surface area contributed by atoms with Gasteiger partial charge in [0.05, 0.1) is 5.56 Å². The molecular formula is C34H37FN6O3. The second-order valence-electron chi connectivity index (χ2n) is 11.0. The fourth-order valence-electron chi connectivity index (χ4n) is 5.30. The Kier molecular flexibility index (Phi) is 9.47. The molecular weight excluding hydrogens is 559 g/mol. The van der Waals surface area contributed by atoms with E-state index in [9.17, 15) is 18.8 Å². The first kappa shape index (κ1) is 30.6. The number of carbonyl (C=O) groups excluding carboxylic acids is 1. The molecule has 2 aromatic carbocycles. The van der Waals surface area contributed by atoms with Gasteiger partial charge < -0.3 is 9.88 Å². The molecule has 1 unspecified atom stereocenters. The second-order valence-corrected chi connectivity index (χ2v) is 11.0. The van der Waals surface area contributed by atoms with Crippen molar-refractivity contribution in [2.45, 2.75) is 65.3 Å². The van der Waals surface area contributed by atoms with E-state index >= 15 is 0 Å². The summed E-state index contributed by atoms with van der Waals surface area (Å²) in [6, 6.07) is 17.7. The summed E-state index contributed by atoms with van der Waals surface area (Å²) in [7, 11) is 0. The van der Waals surface area contributed by atoms with E-state index in [0.29, 0.717) is 30.0 Å². The van der Waals surface area contributed by atoms with E-state index in [-0.39, 0.29) is 29.3 Å². The third-order valence-corrected chi connectivity index (χ3v) is 7.84. The number of amides is 1. The van der Waals surface area contributed by atoms with Gasteiger partial charge >= 0.3 is 5.69 Å². The van der Waals surface area contributed by atoms with Gasteiger partial charge in [0.2, 0.25) is 0 Å². The largest absolute Gasteiger partial charge is 0.336 e. The Hall–Kier alpha value is -4.86. The summed E-state index contributed by atoms with van der Waals surface area (Å²) in [6.07, 6.45) is 5.22. The molecule has 5 rings (SSSR count). The normalized spacial score (nSPS) is 12.0. The highest BCUT2D eigenvalue weighted by Crippen LogP contribution is 2.31. The number of anilines is 1. The van der Waals surface area contributed by atoms with Crippen molar-refractivity contribution in [1.29, 1.82) is 0 Å². The Bertz CT molecular complexity index is 1860. The number of halogens is 1. The van der Waals surface area contributed by atoms with Crippen molar-refractivity contribution in [2.75, 3.05) is 11.4 Å². The number of pyridine rings is 1. The average Bonchev–Trinajstić information content (AvgIpc) is 3.47. The predicted molar refractivity (Wildman–Crippen MR) is 170 cm³/mol. The number of carbonyl (C=O) groups is 1. The quantitative estimate of drug-likeness (QED) is 0.187. The molecule has 0 aliphatic heterocycles. The number of aryl methyl sites for hydroxylation is 2. The summed E-state index contributed by atoms with van der Waals surface area (Å²) < 4.78 is 16.4. The van der Waals surface area contributed by atoms with E-state index < -0.39 is 17.2 Å². The maximum atomic E-state index is 14.9. The Labute approximate surface area is 254 Å². The zero-order valence-corrected chi connectivity index (χ0v) is 25.3. The Balaban J connectivity index is 1.56. The molecule has 1 amide bonds. The highest BCUT2D eigenvalue weighted by Gasteiger charge is 2.24. The molecule has 9 nitrogen and oxygen atoms in total. The molecule has 10 heteroatoms. The minimum Gasteiger partial charge on any atom is -0.336 e. The highest BCUT2D eigenvalue weighted by atomic mass is 19.1. The van der Waals surface area contributed by atoms with Gasteiger partial charge in [0.1, 0.15) is 17.2 Å². The van der Waals surface area contributed by atoms with Gasteiger partial charge in [-0.15, -0.1) is 0 Å². The van der Waals surface area contributed by atoms with Gasteiger partial charge in [0.15, 0.2) is 5.65 Å². The van der Waals surface area contributed by atoms with Gasteiger partial charge in [-0.05, 0) is 67.6 Å².